The van der Waals surface area contributed by atoms with Crippen molar-refractivity contribution in [2.75, 3.05) is 20.6 Å². The first-order valence-corrected chi connectivity index (χ1v) is 8.89. The lowest BCUT2D eigenvalue weighted by molar-refractivity contribution is -0.138. The number of carbonyl (C=O) groups excluding carboxylic acids is 2. The first-order valence-electron chi connectivity index (χ1n) is 8.89. The molecule has 0 fully saturated rings. The van der Waals surface area contributed by atoms with Gasteiger partial charge in [0.25, 0.3) is 11.5 Å². The maximum atomic E-state index is 12.9. The summed E-state index contributed by atoms with van der Waals surface area (Å²) in [7, 11) is 3.28. The zero-order valence-corrected chi connectivity index (χ0v) is 16.4. The van der Waals surface area contributed by atoms with Crippen LogP contribution >= 0.6 is 0 Å². The molecule has 0 saturated carbocycles. The summed E-state index contributed by atoms with van der Waals surface area (Å²) in [6.07, 6.45) is -3.95. The van der Waals surface area contributed by atoms with E-state index in [9.17, 15) is 27.6 Å². The van der Waals surface area contributed by atoms with Crippen LogP contribution in [0.1, 0.15) is 28.4 Å². The largest absolute Gasteiger partial charge is 0.417 e. The number of nitrogens with zero attached hydrogens (tertiary/aromatic N) is 3. The van der Waals surface area contributed by atoms with Crippen LogP contribution in [0.3, 0.4) is 0 Å². The number of likely N-dealkylation sites (N-methyl/N-ethyl adjacent to an activating group) is 1. The molecule has 0 spiro atoms. The lowest BCUT2D eigenvalue weighted by atomic mass is 10.1. The number of alkyl halides is 3. The average molecular weight is 409 g/mol. The number of aromatic nitrogens is 1. The highest BCUT2D eigenvalue weighted by molar-refractivity contribution is 5.93. The van der Waals surface area contributed by atoms with Gasteiger partial charge in [0.05, 0.1) is 5.56 Å². The predicted molar refractivity (Wildman–Crippen MR) is 101 cm³/mol. The molecule has 0 aliphatic heterocycles. The molecule has 1 aromatic heterocycles. The molecule has 2 amide bonds. The normalized spacial score (nSPS) is 11.2. The number of benzene rings is 1. The third-order valence-corrected chi connectivity index (χ3v) is 4.33. The molecule has 6 nitrogen and oxygen atoms in total. The minimum atomic E-state index is -4.60. The smallest absolute Gasteiger partial charge is 0.345 e. The Kier molecular flexibility index (Phi) is 6.84. The molecule has 0 bridgehead atoms. The molecule has 0 unspecified atom stereocenters. The minimum Gasteiger partial charge on any atom is -0.345 e. The van der Waals surface area contributed by atoms with Crippen molar-refractivity contribution in [2.45, 2.75) is 26.2 Å². The van der Waals surface area contributed by atoms with Crippen molar-refractivity contribution in [2.24, 2.45) is 0 Å². The van der Waals surface area contributed by atoms with Crippen molar-refractivity contribution in [1.82, 2.24) is 14.4 Å². The molecule has 0 N–H and O–H groups in total. The predicted octanol–water partition coefficient (Wildman–Crippen LogP) is 2.62. The first-order chi connectivity index (χ1) is 13.5. The molecule has 0 radical (unpaired) electrons. The van der Waals surface area contributed by atoms with Gasteiger partial charge in [0.15, 0.2) is 0 Å². The Hall–Kier alpha value is -3.10. The van der Waals surface area contributed by atoms with Crippen molar-refractivity contribution >= 4 is 11.8 Å². The summed E-state index contributed by atoms with van der Waals surface area (Å²) in [5, 5.41) is 0. The monoisotopic (exact) mass is 409 g/mol. The van der Waals surface area contributed by atoms with Crippen LogP contribution in [0.2, 0.25) is 0 Å². The third kappa shape index (κ3) is 5.69. The second kappa shape index (κ2) is 8.93. The van der Waals surface area contributed by atoms with Crippen LogP contribution < -0.4 is 5.56 Å². The molecule has 29 heavy (non-hydrogen) atoms. The molecule has 2 rings (SSSR count). The van der Waals surface area contributed by atoms with Gasteiger partial charge in [-0.05, 0) is 30.7 Å². The van der Waals surface area contributed by atoms with Crippen molar-refractivity contribution in [1.29, 1.82) is 0 Å². The van der Waals surface area contributed by atoms with E-state index in [0.29, 0.717) is 24.4 Å². The van der Waals surface area contributed by atoms with E-state index in [0.717, 1.165) is 16.2 Å². The van der Waals surface area contributed by atoms with Crippen LogP contribution in [0.5, 0.6) is 0 Å². The molecule has 2 aromatic rings. The second-order valence-corrected chi connectivity index (χ2v) is 6.69. The average Bonchev–Trinajstić information content (AvgIpc) is 2.66. The molecule has 0 aliphatic carbocycles. The van der Waals surface area contributed by atoms with Crippen molar-refractivity contribution in [3.05, 3.63) is 69.6 Å². The van der Waals surface area contributed by atoms with E-state index in [4.69, 9.17) is 0 Å². The molecular formula is C20H22F3N3O3. The summed E-state index contributed by atoms with van der Waals surface area (Å²) in [4.78, 5) is 39.2. The van der Waals surface area contributed by atoms with Gasteiger partial charge in [-0.2, -0.15) is 13.2 Å². The summed E-state index contributed by atoms with van der Waals surface area (Å²) >= 11 is 0. The molecular weight excluding hydrogens is 387 g/mol. The Balaban J connectivity index is 2.14. The lowest BCUT2D eigenvalue weighted by Crippen LogP contribution is -2.36. The fraction of sp³-hybridized carbons (Fsp3) is 0.350. The minimum absolute atomic E-state index is 0.149. The quantitative estimate of drug-likeness (QED) is 0.737. The van der Waals surface area contributed by atoms with E-state index >= 15 is 0 Å². The maximum Gasteiger partial charge on any atom is 0.417 e. The van der Waals surface area contributed by atoms with Gasteiger partial charge in [0, 0.05) is 45.0 Å². The Morgan fingerprint density at radius 2 is 1.66 bits per heavy atom. The number of pyridine rings is 1. The Morgan fingerprint density at radius 3 is 2.17 bits per heavy atom. The molecule has 0 atom stereocenters. The van der Waals surface area contributed by atoms with E-state index in [1.807, 2.05) is 0 Å². The van der Waals surface area contributed by atoms with Crippen LogP contribution in [0.4, 0.5) is 13.2 Å². The number of hydrogen-bond acceptors (Lipinski definition) is 3. The summed E-state index contributed by atoms with van der Waals surface area (Å²) in [6, 6.07) is 8.21. The highest BCUT2D eigenvalue weighted by Gasteiger charge is 2.31. The zero-order chi connectivity index (χ0) is 21.8. The summed E-state index contributed by atoms with van der Waals surface area (Å²) in [5.41, 5.74) is -0.418. The standard InChI is InChI=1S/C20H22F3N3O3/c1-4-25(11-14-5-7-15(8-6-14)19(29)24(2)3)18(28)13-26-12-16(20(21,22)23)9-10-17(26)27/h5-10,12H,4,11,13H2,1-3H3. The summed E-state index contributed by atoms with van der Waals surface area (Å²) < 4.78 is 39.3. The van der Waals surface area contributed by atoms with Gasteiger partial charge in [-0.3, -0.25) is 14.4 Å². The van der Waals surface area contributed by atoms with E-state index in [1.54, 1.807) is 45.3 Å². The second-order valence-electron chi connectivity index (χ2n) is 6.69. The van der Waals surface area contributed by atoms with Gasteiger partial charge < -0.3 is 14.4 Å². The van der Waals surface area contributed by atoms with E-state index in [-0.39, 0.29) is 12.5 Å². The SMILES string of the molecule is CCN(Cc1ccc(C(=O)N(C)C)cc1)C(=O)Cn1cc(C(F)(F)F)ccc1=O. The molecule has 0 saturated heterocycles. The summed E-state index contributed by atoms with van der Waals surface area (Å²) in [5.74, 6) is -0.633. The van der Waals surface area contributed by atoms with Gasteiger partial charge >= 0.3 is 6.18 Å². The van der Waals surface area contributed by atoms with Gasteiger partial charge in [-0.15, -0.1) is 0 Å². The van der Waals surface area contributed by atoms with Crippen LogP contribution in [0.25, 0.3) is 0 Å². The number of rotatable bonds is 6. The van der Waals surface area contributed by atoms with E-state index < -0.39 is 29.8 Å². The van der Waals surface area contributed by atoms with Crippen LogP contribution in [0.15, 0.2) is 47.4 Å². The molecule has 1 heterocycles. The molecule has 0 aliphatic rings. The zero-order valence-electron chi connectivity index (χ0n) is 16.4. The van der Waals surface area contributed by atoms with Crippen LogP contribution in [-0.4, -0.2) is 46.8 Å². The highest BCUT2D eigenvalue weighted by atomic mass is 19.4. The Labute approximate surface area is 166 Å². The first kappa shape index (κ1) is 22.2. The maximum absolute atomic E-state index is 12.9. The van der Waals surface area contributed by atoms with E-state index in [2.05, 4.69) is 0 Å². The number of amides is 2. The fourth-order valence-electron chi connectivity index (χ4n) is 2.68. The van der Waals surface area contributed by atoms with E-state index in [1.165, 1.54) is 9.80 Å². The van der Waals surface area contributed by atoms with Gasteiger partial charge in [0.1, 0.15) is 6.54 Å². The summed E-state index contributed by atoms with van der Waals surface area (Å²) in [6.45, 7) is 1.76. The third-order valence-electron chi connectivity index (χ3n) is 4.33. The molecule has 9 heteroatoms. The van der Waals surface area contributed by atoms with Crippen molar-refractivity contribution in [3.8, 4) is 0 Å². The highest BCUT2D eigenvalue weighted by Crippen LogP contribution is 2.28. The van der Waals surface area contributed by atoms with Crippen LogP contribution in [0, 0.1) is 0 Å². The molecule has 1 aromatic carbocycles. The van der Waals surface area contributed by atoms with Gasteiger partial charge in [-0.1, -0.05) is 12.1 Å². The molecule has 156 valence electrons. The number of halogens is 3. The lowest BCUT2D eigenvalue weighted by Gasteiger charge is -2.22. The Morgan fingerprint density at radius 1 is 1.03 bits per heavy atom. The number of hydrogen-bond donors (Lipinski definition) is 0. The van der Waals surface area contributed by atoms with Crippen molar-refractivity contribution in [3.63, 3.8) is 0 Å². The van der Waals surface area contributed by atoms with Crippen molar-refractivity contribution < 1.29 is 22.8 Å². The van der Waals surface area contributed by atoms with Crippen LogP contribution in [-0.2, 0) is 24.1 Å². The Bertz CT molecular complexity index is 934. The number of carbonyl (C=O) groups is 2. The van der Waals surface area contributed by atoms with Gasteiger partial charge in [0.2, 0.25) is 5.91 Å². The van der Waals surface area contributed by atoms with Gasteiger partial charge in [-0.25, -0.2) is 0 Å². The topological polar surface area (TPSA) is 62.6 Å². The fourth-order valence-corrected chi connectivity index (χ4v) is 2.68.